The van der Waals surface area contributed by atoms with Crippen molar-refractivity contribution >= 4 is 0 Å². The average molecular weight is 217 g/mol. The van der Waals surface area contributed by atoms with E-state index in [1.54, 1.807) is 7.11 Å². The average Bonchev–Trinajstić information content (AvgIpc) is 2.76. The van der Waals surface area contributed by atoms with Crippen molar-refractivity contribution < 1.29 is 9.84 Å². The molecule has 0 saturated heterocycles. The number of rotatable bonds is 4. The largest absolute Gasteiger partial charge is 0.497 e. The molecule has 2 aromatic rings. The number of ether oxygens (including phenoxy) is 1. The Bertz CT molecular complexity index is 462. The summed E-state index contributed by atoms with van der Waals surface area (Å²) in [5.41, 5.74) is 2.08. The number of aliphatic hydroxyl groups excluding tert-OH is 1. The molecular formula is C13H15NO2. The van der Waals surface area contributed by atoms with E-state index >= 15 is 0 Å². The van der Waals surface area contributed by atoms with Gasteiger partial charge in [-0.1, -0.05) is 12.1 Å². The van der Waals surface area contributed by atoms with Gasteiger partial charge in [-0.2, -0.15) is 0 Å². The summed E-state index contributed by atoms with van der Waals surface area (Å²) in [6.07, 6.45) is 1.96. The van der Waals surface area contributed by atoms with Crippen LogP contribution in [0, 0.1) is 0 Å². The maximum atomic E-state index is 9.14. The summed E-state index contributed by atoms with van der Waals surface area (Å²) in [5, 5.41) is 9.14. The summed E-state index contributed by atoms with van der Waals surface area (Å²) in [6.45, 7) is 0.817. The summed E-state index contributed by atoms with van der Waals surface area (Å²) in [5.74, 6) is 0.857. The van der Waals surface area contributed by atoms with E-state index < -0.39 is 0 Å². The maximum Gasteiger partial charge on any atom is 0.119 e. The highest BCUT2D eigenvalue weighted by atomic mass is 16.5. The number of methoxy groups -OCH3 is 1. The first kappa shape index (κ1) is 10.8. The van der Waals surface area contributed by atoms with Crippen LogP contribution in [0.5, 0.6) is 5.75 Å². The second-order valence-electron chi connectivity index (χ2n) is 3.64. The summed E-state index contributed by atoms with van der Waals surface area (Å²) < 4.78 is 7.19. The molecule has 0 unspecified atom stereocenters. The molecule has 0 aliphatic heterocycles. The van der Waals surface area contributed by atoms with Crippen molar-refractivity contribution in [2.75, 3.05) is 7.11 Å². The Labute approximate surface area is 94.9 Å². The van der Waals surface area contributed by atoms with E-state index in [2.05, 4.69) is 0 Å². The molecule has 2 rings (SSSR count). The molecule has 0 fully saturated rings. The topological polar surface area (TPSA) is 34.4 Å². The Kier molecular flexibility index (Phi) is 3.27. The van der Waals surface area contributed by atoms with Gasteiger partial charge in [0.25, 0.3) is 0 Å². The molecule has 1 aromatic heterocycles. The van der Waals surface area contributed by atoms with Gasteiger partial charge in [0, 0.05) is 18.4 Å². The van der Waals surface area contributed by atoms with Crippen molar-refractivity contribution in [3.05, 3.63) is 53.9 Å². The van der Waals surface area contributed by atoms with Gasteiger partial charge in [-0.3, -0.25) is 0 Å². The van der Waals surface area contributed by atoms with Gasteiger partial charge >= 0.3 is 0 Å². The van der Waals surface area contributed by atoms with Gasteiger partial charge in [0.05, 0.1) is 13.7 Å². The highest BCUT2D eigenvalue weighted by Crippen LogP contribution is 2.14. The molecular weight excluding hydrogens is 202 g/mol. The van der Waals surface area contributed by atoms with Gasteiger partial charge in [0.2, 0.25) is 0 Å². The number of benzene rings is 1. The Morgan fingerprint density at radius 1 is 1.25 bits per heavy atom. The molecule has 0 aliphatic carbocycles. The van der Waals surface area contributed by atoms with Crippen molar-refractivity contribution in [1.82, 2.24) is 4.57 Å². The van der Waals surface area contributed by atoms with E-state index in [9.17, 15) is 0 Å². The van der Waals surface area contributed by atoms with Crippen molar-refractivity contribution in [2.45, 2.75) is 13.2 Å². The minimum Gasteiger partial charge on any atom is -0.497 e. The Morgan fingerprint density at radius 3 is 2.88 bits per heavy atom. The first-order valence-corrected chi connectivity index (χ1v) is 5.21. The summed E-state index contributed by atoms with van der Waals surface area (Å²) >= 11 is 0. The van der Waals surface area contributed by atoms with Gasteiger partial charge in [-0.05, 0) is 29.8 Å². The van der Waals surface area contributed by atoms with E-state index in [4.69, 9.17) is 9.84 Å². The lowest BCUT2D eigenvalue weighted by atomic mass is 10.2. The Hall–Kier alpha value is -1.74. The summed E-state index contributed by atoms with van der Waals surface area (Å²) in [6, 6.07) is 11.8. The second kappa shape index (κ2) is 4.86. The first-order chi connectivity index (χ1) is 7.83. The van der Waals surface area contributed by atoms with Crippen LogP contribution in [0.25, 0.3) is 0 Å². The van der Waals surface area contributed by atoms with Crippen molar-refractivity contribution in [2.24, 2.45) is 0 Å². The van der Waals surface area contributed by atoms with Crippen LogP contribution in [0.2, 0.25) is 0 Å². The highest BCUT2D eigenvalue weighted by Gasteiger charge is 2.01. The normalized spacial score (nSPS) is 10.4. The SMILES string of the molecule is COc1cccc(Cn2cccc2CO)c1. The minimum atomic E-state index is 0.0664. The predicted molar refractivity (Wildman–Crippen MR) is 62.5 cm³/mol. The number of aromatic nitrogens is 1. The van der Waals surface area contributed by atoms with Gasteiger partial charge in [-0.25, -0.2) is 0 Å². The zero-order chi connectivity index (χ0) is 11.4. The molecule has 0 aliphatic rings. The lowest BCUT2D eigenvalue weighted by Gasteiger charge is -2.08. The molecule has 0 atom stereocenters. The summed E-state index contributed by atoms with van der Waals surface area (Å²) in [4.78, 5) is 0. The zero-order valence-corrected chi connectivity index (χ0v) is 9.26. The fraction of sp³-hybridized carbons (Fsp3) is 0.231. The smallest absolute Gasteiger partial charge is 0.119 e. The molecule has 3 nitrogen and oxygen atoms in total. The number of hydrogen-bond donors (Lipinski definition) is 1. The van der Waals surface area contributed by atoms with Gasteiger partial charge < -0.3 is 14.4 Å². The van der Waals surface area contributed by atoms with Crippen LogP contribution < -0.4 is 4.74 Å². The lowest BCUT2D eigenvalue weighted by molar-refractivity contribution is 0.271. The van der Waals surface area contributed by atoms with Gasteiger partial charge in [-0.15, -0.1) is 0 Å². The molecule has 0 saturated carbocycles. The van der Waals surface area contributed by atoms with Crippen LogP contribution in [0.4, 0.5) is 0 Å². The summed E-state index contributed by atoms with van der Waals surface area (Å²) in [7, 11) is 1.66. The second-order valence-corrected chi connectivity index (χ2v) is 3.64. The Balaban J connectivity index is 2.20. The van der Waals surface area contributed by atoms with E-state index in [-0.39, 0.29) is 6.61 Å². The fourth-order valence-corrected chi connectivity index (χ4v) is 1.71. The predicted octanol–water partition coefficient (Wildman–Crippen LogP) is 2.04. The molecule has 0 spiro atoms. The van der Waals surface area contributed by atoms with Crippen molar-refractivity contribution in [1.29, 1.82) is 0 Å². The quantitative estimate of drug-likeness (QED) is 0.850. The molecule has 0 bridgehead atoms. The van der Waals surface area contributed by atoms with Gasteiger partial charge in [0.1, 0.15) is 5.75 Å². The van der Waals surface area contributed by atoms with E-state index in [0.717, 1.165) is 23.6 Å². The van der Waals surface area contributed by atoms with E-state index in [0.29, 0.717) is 0 Å². The highest BCUT2D eigenvalue weighted by molar-refractivity contribution is 5.29. The Morgan fingerprint density at radius 2 is 2.12 bits per heavy atom. The molecule has 0 amide bonds. The number of aliphatic hydroxyl groups is 1. The standard InChI is InChI=1S/C13H15NO2/c1-16-13-6-2-4-11(8-13)9-14-7-3-5-12(14)10-15/h2-8,15H,9-10H2,1H3. The van der Waals surface area contributed by atoms with E-state index in [1.165, 1.54) is 0 Å². The van der Waals surface area contributed by atoms with Crippen LogP contribution in [-0.4, -0.2) is 16.8 Å². The molecule has 1 N–H and O–H groups in total. The van der Waals surface area contributed by atoms with Crippen LogP contribution >= 0.6 is 0 Å². The van der Waals surface area contributed by atoms with Crippen molar-refractivity contribution in [3.63, 3.8) is 0 Å². The minimum absolute atomic E-state index is 0.0664. The number of nitrogens with zero attached hydrogens (tertiary/aromatic N) is 1. The van der Waals surface area contributed by atoms with Gasteiger partial charge in [0.15, 0.2) is 0 Å². The first-order valence-electron chi connectivity index (χ1n) is 5.21. The molecule has 16 heavy (non-hydrogen) atoms. The lowest BCUT2D eigenvalue weighted by Crippen LogP contribution is -2.03. The van der Waals surface area contributed by atoms with Crippen LogP contribution in [0.3, 0.4) is 0 Å². The van der Waals surface area contributed by atoms with Crippen LogP contribution in [0.15, 0.2) is 42.6 Å². The fourth-order valence-electron chi connectivity index (χ4n) is 1.71. The van der Waals surface area contributed by atoms with Crippen LogP contribution in [0.1, 0.15) is 11.3 Å². The van der Waals surface area contributed by atoms with Crippen LogP contribution in [-0.2, 0) is 13.2 Å². The molecule has 1 heterocycles. The zero-order valence-electron chi connectivity index (χ0n) is 9.26. The molecule has 3 heteroatoms. The maximum absolute atomic E-state index is 9.14. The molecule has 1 aromatic carbocycles. The third-order valence-corrected chi connectivity index (χ3v) is 2.57. The number of hydrogen-bond acceptors (Lipinski definition) is 2. The van der Waals surface area contributed by atoms with Crippen molar-refractivity contribution in [3.8, 4) is 5.75 Å². The molecule has 84 valence electrons. The van der Waals surface area contributed by atoms with E-state index in [1.807, 2.05) is 47.2 Å². The molecule has 0 radical (unpaired) electrons. The monoisotopic (exact) mass is 217 g/mol. The third-order valence-electron chi connectivity index (χ3n) is 2.57. The third kappa shape index (κ3) is 2.25.